The van der Waals surface area contributed by atoms with E-state index in [2.05, 4.69) is 67.8 Å². The SMILES string of the molecule is CCCCCCC/C=C\C/C=C\C/C=C\CCCCCCCCCCCCCCCCCCCCC(=O)NC(CO)C(O)/C=C/CC/C=C/CCCCCCCCC. The number of unbranched alkanes of at least 4 members (excludes halogenated alkanes) is 31. The third-order valence-electron chi connectivity index (χ3n) is 11.5. The van der Waals surface area contributed by atoms with Crippen molar-refractivity contribution in [3.63, 3.8) is 0 Å². The summed E-state index contributed by atoms with van der Waals surface area (Å²) in [6.45, 7) is 4.28. The van der Waals surface area contributed by atoms with Gasteiger partial charge < -0.3 is 15.5 Å². The van der Waals surface area contributed by atoms with E-state index in [1.54, 1.807) is 6.08 Å². The second-order valence-corrected chi connectivity index (χ2v) is 17.2. The van der Waals surface area contributed by atoms with Gasteiger partial charge in [0.05, 0.1) is 18.8 Å². The zero-order chi connectivity index (χ0) is 42.1. The van der Waals surface area contributed by atoms with Crippen LogP contribution in [0.5, 0.6) is 0 Å². The first kappa shape index (κ1) is 56.1. The molecule has 0 radical (unpaired) electrons. The van der Waals surface area contributed by atoms with E-state index in [1.807, 2.05) is 6.08 Å². The maximum Gasteiger partial charge on any atom is 0.220 e. The monoisotopic (exact) mass is 810 g/mol. The summed E-state index contributed by atoms with van der Waals surface area (Å²) in [5, 5.41) is 23.0. The van der Waals surface area contributed by atoms with Crippen LogP contribution >= 0.6 is 0 Å². The number of carbonyl (C=O) groups is 1. The minimum atomic E-state index is -0.861. The van der Waals surface area contributed by atoms with E-state index in [1.165, 1.54) is 193 Å². The maximum absolute atomic E-state index is 12.4. The van der Waals surface area contributed by atoms with Crippen LogP contribution in [0.1, 0.15) is 258 Å². The highest BCUT2D eigenvalue weighted by Crippen LogP contribution is 2.16. The summed E-state index contributed by atoms with van der Waals surface area (Å²) >= 11 is 0. The first-order valence-electron chi connectivity index (χ1n) is 25.5. The first-order valence-corrected chi connectivity index (χ1v) is 25.5. The molecule has 0 fully saturated rings. The van der Waals surface area contributed by atoms with Gasteiger partial charge >= 0.3 is 0 Å². The van der Waals surface area contributed by atoms with Gasteiger partial charge in [0.25, 0.3) is 0 Å². The minimum absolute atomic E-state index is 0.0737. The second-order valence-electron chi connectivity index (χ2n) is 17.2. The van der Waals surface area contributed by atoms with Crippen LogP contribution in [-0.4, -0.2) is 34.9 Å². The van der Waals surface area contributed by atoms with Gasteiger partial charge in [-0.1, -0.05) is 242 Å². The summed E-state index contributed by atoms with van der Waals surface area (Å²) in [6, 6.07) is -0.638. The minimum Gasteiger partial charge on any atom is -0.394 e. The van der Waals surface area contributed by atoms with E-state index in [0.29, 0.717) is 6.42 Å². The van der Waals surface area contributed by atoms with Crippen molar-refractivity contribution in [1.82, 2.24) is 5.32 Å². The van der Waals surface area contributed by atoms with E-state index in [4.69, 9.17) is 0 Å². The Balaban J connectivity index is 3.48. The lowest BCUT2D eigenvalue weighted by Crippen LogP contribution is -2.45. The molecule has 0 rings (SSSR count). The quantitative estimate of drug-likeness (QED) is 0.0424. The van der Waals surface area contributed by atoms with Crippen LogP contribution < -0.4 is 5.32 Å². The predicted octanol–water partition coefficient (Wildman–Crippen LogP) is 16.5. The number of carbonyl (C=O) groups excluding carboxylic acids is 1. The van der Waals surface area contributed by atoms with Crippen molar-refractivity contribution in [2.24, 2.45) is 0 Å². The summed E-state index contributed by atoms with van der Waals surface area (Å²) in [4.78, 5) is 12.4. The number of aliphatic hydroxyl groups is 2. The van der Waals surface area contributed by atoms with Crippen LogP contribution in [0.25, 0.3) is 0 Å². The molecule has 4 nitrogen and oxygen atoms in total. The molecular weight excluding hydrogens is 711 g/mol. The van der Waals surface area contributed by atoms with E-state index in [-0.39, 0.29) is 12.5 Å². The maximum atomic E-state index is 12.4. The van der Waals surface area contributed by atoms with Crippen LogP contribution in [0.2, 0.25) is 0 Å². The zero-order valence-corrected chi connectivity index (χ0v) is 38.8. The molecule has 0 aliphatic rings. The van der Waals surface area contributed by atoms with Gasteiger partial charge in [0, 0.05) is 6.42 Å². The standard InChI is InChI=1S/C54H99NO3/c1-3-5-7-9-11-13-15-17-18-19-20-21-22-23-24-25-26-27-28-29-30-31-32-33-34-35-36-38-40-42-44-46-48-50-54(58)55-52(51-56)53(57)49-47-45-43-41-39-37-16-14-12-10-8-6-4-2/h15,17,19-20,22-23,39,41,47,49,52-53,56-57H,3-14,16,18,21,24-38,40,42-46,48,50-51H2,1-2H3,(H,55,58)/b17-15-,20-19-,23-22-,41-39+,49-47+. The van der Waals surface area contributed by atoms with Crippen molar-refractivity contribution in [2.75, 3.05) is 6.61 Å². The number of hydrogen-bond donors (Lipinski definition) is 3. The van der Waals surface area contributed by atoms with Gasteiger partial charge in [-0.15, -0.1) is 0 Å². The summed E-state index contributed by atoms with van der Waals surface area (Å²) in [5.41, 5.74) is 0. The summed E-state index contributed by atoms with van der Waals surface area (Å²) < 4.78 is 0. The Bertz CT molecular complexity index is 965. The Morgan fingerprint density at radius 1 is 0.414 bits per heavy atom. The molecule has 58 heavy (non-hydrogen) atoms. The van der Waals surface area contributed by atoms with E-state index in [9.17, 15) is 15.0 Å². The van der Waals surface area contributed by atoms with Gasteiger partial charge in [-0.3, -0.25) is 4.79 Å². The van der Waals surface area contributed by atoms with Gasteiger partial charge in [-0.05, 0) is 70.6 Å². The van der Waals surface area contributed by atoms with Gasteiger partial charge in [-0.25, -0.2) is 0 Å². The molecule has 2 unspecified atom stereocenters. The lowest BCUT2D eigenvalue weighted by molar-refractivity contribution is -0.123. The molecule has 0 heterocycles. The van der Waals surface area contributed by atoms with Crippen LogP contribution in [0.4, 0.5) is 0 Å². The molecule has 4 heteroatoms. The Morgan fingerprint density at radius 2 is 0.724 bits per heavy atom. The summed E-state index contributed by atoms with van der Waals surface area (Å²) in [5.74, 6) is -0.0737. The molecule has 0 bridgehead atoms. The van der Waals surface area contributed by atoms with Crippen molar-refractivity contribution < 1.29 is 15.0 Å². The smallest absolute Gasteiger partial charge is 0.220 e. The number of nitrogens with one attached hydrogen (secondary N) is 1. The molecule has 1 amide bonds. The van der Waals surface area contributed by atoms with Crippen LogP contribution in [0.15, 0.2) is 60.8 Å². The number of rotatable bonds is 46. The normalized spacial score (nSPS) is 13.4. The van der Waals surface area contributed by atoms with Gasteiger partial charge in [0.1, 0.15) is 0 Å². The van der Waals surface area contributed by atoms with Gasteiger partial charge in [0.2, 0.25) is 5.91 Å². The predicted molar refractivity (Wildman–Crippen MR) is 258 cm³/mol. The molecular formula is C54H99NO3. The van der Waals surface area contributed by atoms with E-state index < -0.39 is 12.1 Å². The van der Waals surface area contributed by atoms with Crippen LogP contribution in [-0.2, 0) is 4.79 Å². The average Bonchev–Trinajstić information content (AvgIpc) is 3.23. The highest BCUT2D eigenvalue weighted by Gasteiger charge is 2.17. The van der Waals surface area contributed by atoms with Crippen LogP contribution in [0.3, 0.4) is 0 Å². The van der Waals surface area contributed by atoms with Crippen molar-refractivity contribution in [3.05, 3.63) is 60.8 Å². The highest BCUT2D eigenvalue weighted by molar-refractivity contribution is 5.76. The fourth-order valence-electron chi connectivity index (χ4n) is 7.55. The fraction of sp³-hybridized carbons (Fsp3) is 0.796. The third kappa shape index (κ3) is 45.2. The van der Waals surface area contributed by atoms with Crippen molar-refractivity contribution in [1.29, 1.82) is 0 Å². The zero-order valence-electron chi connectivity index (χ0n) is 38.8. The van der Waals surface area contributed by atoms with Crippen molar-refractivity contribution >= 4 is 5.91 Å². The van der Waals surface area contributed by atoms with Crippen molar-refractivity contribution in [3.8, 4) is 0 Å². The first-order chi connectivity index (χ1) is 28.7. The second kappa shape index (κ2) is 49.5. The number of hydrogen-bond acceptors (Lipinski definition) is 3. The van der Waals surface area contributed by atoms with Gasteiger partial charge in [0.15, 0.2) is 0 Å². The molecule has 338 valence electrons. The van der Waals surface area contributed by atoms with Crippen molar-refractivity contribution in [2.45, 2.75) is 270 Å². The summed E-state index contributed by atoms with van der Waals surface area (Å²) in [7, 11) is 0. The third-order valence-corrected chi connectivity index (χ3v) is 11.5. The number of allylic oxidation sites excluding steroid dienone is 9. The fourth-order valence-corrected chi connectivity index (χ4v) is 7.55. The lowest BCUT2D eigenvalue weighted by atomic mass is 10.0. The molecule has 0 aromatic heterocycles. The Morgan fingerprint density at radius 3 is 1.12 bits per heavy atom. The number of amides is 1. The molecule has 3 N–H and O–H groups in total. The average molecular weight is 810 g/mol. The molecule has 0 saturated carbocycles. The summed E-state index contributed by atoms with van der Waals surface area (Å²) in [6.07, 6.45) is 69.4. The molecule has 0 spiro atoms. The lowest BCUT2D eigenvalue weighted by Gasteiger charge is -2.19. The highest BCUT2D eigenvalue weighted by atomic mass is 16.3. The topological polar surface area (TPSA) is 69.6 Å². The molecule has 2 atom stereocenters. The Hall–Kier alpha value is -1.91. The molecule has 0 saturated heterocycles. The molecule has 0 aliphatic heterocycles. The van der Waals surface area contributed by atoms with Gasteiger partial charge in [-0.2, -0.15) is 0 Å². The molecule has 0 aromatic rings. The van der Waals surface area contributed by atoms with Crippen LogP contribution in [0, 0.1) is 0 Å². The van der Waals surface area contributed by atoms with E-state index >= 15 is 0 Å². The largest absolute Gasteiger partial charge is 0.394 e. The van der Waals surface area contributed by atoms with E-state index in [0.717, 1.165) is 44.9 Å². The molecule has 0 aliphatic carbocycles. The number of aliphatic hydroxyl groups excluding tert-OH is 2. The molecule has 0 aromatic carbocycles. The Kier molecular flexibility index (Phi) is 47.8. The Labute approximate surface area is 362 Å².